The molecule has 0 bridgehead atoms. The maximum Gasteiger partial charge on any atom is 0.409 e. The Morgan fingerprint density at radius 3 is 2.17 bits per heavy atom. The van der Waals surface area contributed by atoms with Gasteiger partial charge in [0.2, 0.25) is 0 Å². The largest absolute Gasteiger partial charge is 0.478 e. The lowest BCUT2D eigenvalue weighted by Crippen LogP contribution is -2.39. The highest BCUT2D eigenvalue weighted by Crippen LogP contribution is 2.44. The normalized spacial score (nSPS) is 16.7. The van der Waals surface area contributed by atoms with E-state index in [1.807, 2.05) is 30.3 Å². The summed E-state index contributed by atoms with van der Waals surface area (Å²) < 4.78 is 5.73. The quantitative estimate of drug-likeness (QED) is 0.573. The van der Waals surface area contributed by atoms with Gasteiger partial charge in [-0.1, -0.05) is 66.8 Å². The molecular weight excluding hydrogens is 378 g/mol. The number of carbonyl (C=O) groups is 2. The molecule has 1 saturated heterocycles. The molecule has 1 amide bonds. The monoisotopic (exact) mass is 403 g/mol. The Morgan fingerprint density at radius 1 is 0.967 bits per heavy atom. The second-order valence-corrected chi connectivity index (χ2v) is 7.71. The zero-order chi connectivity index (χ0) is 20.9. The van der Waals surface area contributed by atoms with E-state index >= 15 is 0 Å². The first-order valence-electron chi connectivity index (χ1n) is 10.3. The molecule has 1 aliphatic carbocycles. The number of ether oxygens (including phenoxy) is 1. The van der Waals surface area contributed by atoms with E-state index in [2.05, 4.69) is 24.3 Å². The molecule has 0 radical (unpaired) electrons. The number of piperidine rings is 1. The van der Waals surface area contributed by atoms with Crippen molar-refractivity contribution in [3.63, 3.8) is 0 Å². The summed E-state index contributed by atoms with van der Waals surface area (Å²) in [7, 11) is 0. The molecule has 0 atom stereocenters. The van der Waals surface area contributed by atoms with E-state index in [0.29, 0.717) is 25.6 Å². The van der Waals surface area contributed by atoms with Crippen molar-refractivity contribution in [3.05, 3.63) is 84.0 Å². The SMILES string of the molecule is O=C(O)C=CC=CC1CCN(C(=O)OCC2c3ccccc3-c3ccccc32)CC1. The maximum absolute atomic E-state index is 12.6. The summed E-state index contributed by atoms with van der Waals surface area (Å²) >= 11 is 0. The number of amides is 1. The molecule has 0 aromatic heterocycles. The van der Waals surface area contributed by atoms with Gasteiger partial charge in [0, 0.05) is 25.1 Å². The number of aliphatic carboxylic acids is 1. The Bertz CT molecular complexity index is 941. The minimum atomic E-state index is -0.954. The Balaban J connectivity index is 1.32. The standard InChI is InChI=1S/C25H25NO4/c27-24(28)12-6-1-7-18-13-15-26(16-14-18)25(29)30-17-23-21-10-4-2-8-19(21)20-9-3-5-11-22(20)23/h1-12,18,23H,13-17H2,(H,27,28). The van der Waals surface area contributed by atoms with E-state index < -0.39 is 5.97 Å². The van der Waals surface area contributed by atoms with Gasteiger partial charge in [-0.05, 0) is 41.0 Å². The number of carbonyl (C=O) groups excluding carboxylic acids is 1. The van der Waals surface area contributed by atoms with Crippen LogP contribution in [-0.4, -0.2) is 41.8 Å². The van der Waals surface area contributed by atoms with Crippen LogP contribution in [0.2, 0.25) is 0 Å². The zero-order valence-corrected chi connectivity index (χ0v) is 16.7. The van der Waals surface area contributed by atoms with E-state index in [9.17, 15) is 9.59 Å². The number of benzene rings is 2. The van der Waals surface area contributed by atoms with Crippen LogP contribution in [0.25, 0.3) is 11.1 Å². The Morgan fingerprint density at radius 2 is 1.57 bits per heavy atom. The van der Waals surface area contributed by atoms with Crippen molar-refractivity contribution in [2.45, 2.75) is 18.8 Å². The summed E-state index contributed by atoms with van der Waals surface area (Å²) in [4.78, 5) is 24.9. The average molecular weight is 403 g/mol. The number of allylic oxidation sites excluding steroid dienone is 3. The Labute approximate surface area is 176 Å². The van der Waals surface area contributed by atoms with Crippen molar-refractivity contribution in [1.29, 1.82) is 0 Å². The zero-order valence-electron chi connectivity index (χ0n) is 16.7. The van der Waals surface area contributed by atoms with E-state index in [0.717, 1.165) is 18.9 Å². The van der Waals surface area contributed by atoms with Crippen LogP contribution in [0.15, 0.2) is 72.8 Å². The molecule has 5 nitrogen and oxygen atoms in total. The molecule has 0 spiro atoms. The summed E-state index contributed by atoms with van der Waals surface area (Å²) in [5.41, 5.74) is 4.87. The minimum absolute atomic E-state index is 0.0721. The summed E-state index contributed by atoms with van der Waals surface area (Å²) in [6.45, 7) is 1.63. The molecule has 1 N–H and O–H groups in total. The first-order valence-corrected chi connectivity index (χ1v) is 10.3. The van der Waals surface area contributed by atoms with E-state index in [1.54, 1.807) is 11.0 Å². The van der Waals surface area contributed by atoms with E-state index in [4.69, 9.17) is 9.84 Å². The number of hydrogen-bond acceptors (Lipinski definition) is 3. The lowest BCUT2D eigenvalue weighted by atomic mass is 9.96. The third-order valence-corrected chi connectivity index (χ3v) is 5.87. The Kier molecular flexibility index (Phi) is 5.98. The fraction of sp³-hybridized carbons (Fsp3) is 0.280. The van der Waals surface area contributed by atoms with Crippen LogP contribution in [0.1, 0.15) is 29.9 Å². The molecule has 0 saturated carbocycles. The van der Waals surface area contributed by atoms with Gasteiger partial charge in [-0.15, -0.1) is 0 Å². The van der Waals surface area contributed by atoms with Crippen LogP contribution in [0.3, 0.4) is 0 Å². The summed E-state index contributed by atoms with van der Waals surface area (Å²) in [5.74, 6) is -0.534. The van der Waals surface area contributed by atoms with Gasteiger partial charge < -0.3 is 14.7 Å². The third-order valence-electron chi connectivity index (χ3n) is 5.87. The van der Waals surface area contributed by atoms with Crippen LogP contribution in [0.4, 0.5) is 4.79 Å². The van der Waals surface area contributed by atoms with Crippen molar-refractivity contribution in [2.24, 2.45) is 5.92 Å². The van der Waals surface area contributed by atoms with Gasteiger partial charge in [-0.3, -0.25) is 0 Å². The van der Waals surface area contributed by atoms with Crippen molar-refractivity contribution in [3.8, 4) is 11.1 Å². The first kappa shape index (κ1) is 20.0. The van der Waals surface area contributed by atoms with Crippen LogP contribution in [0, 0.1) is 5.92 Å². The molecule has 5 heteroatoms. The van der Waals surface area contributed by atoms with Crippen molar-refractivity contribution < 1.29 is 19.4 Å². The van der Waals surface area contributed by atoms with Gasteiger partial charge in [0.1, 0.15) is 6.61 Å². The molecular formula is C25H25NO4. The van der Waals surface area contributed by atoms with Gasteiger partial charge in [0.15, 0.2) is 0 Å². The molecule has 1 heterocycles. The molecule has 2 aromatic carbocycles. The molecule has 0 unspecified atom stereocenters. The smallest absolute Gasteiger partial charge is 0.409 e. The molecule has 4 rings (SSSR count). The molecule has 2 aliphatic rings. The predicted octanol–water partition coefficient (Wildman–Crippen LogP) is 4.84. The lowest BCUT2D eigenvalue weighted by Gasteiger charge is -2.30. The number of hydrogen-bond donors (Lipinski definition) is 1. The summed E-state index contributed by atoms with van der Waals surface area (Å²) in [6.07, 6.45) is 7.85. The van der Waals surface area contributed by atoms with Crippen molar-refractivity contribution in [1.82, 2.24) is 4.90 Å². The third kappa shape index (κ3) is 4.30. The van der Waals surface area contributed by atoms with Gasteiger partial charge in [-0.25, -0.2) is 9.59 Å². The average Bonchev–Trinajstić information content (AvgIpc) is 3.09. The molecule has 154 valence electrons. The van der Waals surface area contributed by atoms with E-state index in [1.165, 1.54) is 28.3 Å². The number of carboxylic acids is 1. The van der Waals surface area contributed by atoms with Crippen LogP contribution < -0.4 is 0 Å². The predicted molar refractivity (Wildman–Crippen MR) is 115 cm³/mol. The van der Waals surface area contributed by atoms with Gasteiger partial charge in [0.05, 0.1) is 0 Å². The molecule has 2 aromatic rings. The highest BCUT2D eigenvalue weighted by Gasteiger charge is 2.30. The van der Waals surface area contributed by atoms with Crippen molar-refractivity contribution >= 4 is 12.1 Å². The van der Waals surface area contributed by atoms with Gasteiger partial charge >= 0.3 is 12.1 Å². The van der Waals surface area contributed by atoms with Crippen LogP contribution in [0.5, 0.6) is 0 Å². The second kappa shape index (κ2) is 8.99. The van der Waals surface area contributed by atoms with Crippen molar-refractivity contribution in [2.75, 3.05) is 19.7 Å². The maximum atomic E-state index is 12.6. The fourth-order valence-electron chi connectivity index (χ4n) is 4.32. The Hall–Kier alpha value is -3.34. The number of rotatable bonds is 5. The number of likely N-dealkylation sites (tertiary alicyclic amines) is 1. The number of fused-ring (bicyclic) bond motifs is 3. The molecule has 1 fully saturated rings. The highest BCUT2D eigenvalue weighted by atomic mass is 16.6. The van der Waals surface area contributed by atoms with Gasteiger partial charge in [0.25, 0.3) is 0 Å². The number of carboxylic acid groups (broad SMARTS) is 1. The fourth-order valence-corrected chi connectivity index (χ4v) is 4.32. The summed E-state index contributed by atoms with van der Waals surface area (Å²) in [6, 6.07) is 16.6. The molecule has 30 heavy (non-hydrogen) atoms. The first-order chi connectivity index (χ1) is 14.6. The van der Waals surface area contributed by atoms with Crippen LogP contribution in [-0.2, 0) is 9.53 Å². The van der Waals surface area contributed by atoms with Crippen LogP contribution >= 0.6 is 0 Å². The topological polar surface area (TPSA) is 66.8 Å². The minimum Gasteiger partial charge on any atom is -0.478 e. The van der Waals surface area contributed by atoms with E-state index in [-0.39, 0.29) is 12.0 Å². The lowest BCUT2D eigenvalue weighted by molar-refractivity contribution is -0.131. The number of nitrogens with zero attached hydrogens (tertiary/aromatic N) is 1. The molecule has 1 aliphatic heterocycles. The summed E-state index contributed by atoms with van der Waals surface area (Å²) in [5, 5.41) is 8.61. The second-order valence-electron chi connectivity index (χ2n) is 7.71. The highest BCUT2D eigenvalue weighted by molar-refractivity contribution is 5.80. The van der Waals surface area contributed by atoms with Gasteiger partial charge in [-0.2, -0.15) is 0 Å².